The maximum Gasteiger partial charge on any atom is 0.131 e. The Balaban J connectivity index is 0.868. The molecule has 0 atom stereocenters. The Morgan fingerprint density at radius 3 is 2.82 bits per heavy atom. The highest BCUT2D eigenvalue weighted by Gasteiger charge is 2.19. The first-order valence-electron chi connectivity index (χ1n) is 13.5. The molecule has 4 N–H and O–H groups in total. The van der Waals surface area contributed by atoms with Gasteiger partial charge in [-0.1, -0.05) is 5.16 Å². The summed E-state index contributed by atoms with van der Waals surface area (Å²) in [5.74, 6) is 0.978. The van der Waals surface area contributed by atoms with Gasteiger partial charge in [0, 0.05) is 52.9 Å². The first-order valence-corrected chi connectivity index (χ1v) is 13.5. The lowest BCUT2D eigenvalue weighted by atomic mass is 9.96. The molecule has 0 amide bonds. The molecule has 0 saturated heterocycles. The number of aromatic nitrogens is 4. The quantitative estimate of drug-likeness (QED) is 0.142. The van der Waals surface area contributed by atoms with E-state index in [9.17, 15) is 0 Å². The molecule has 0 aliphatic heterocycles. The zero-order chi connectivity index (χ0) is 25.6. The minimum Gasteiger partial charge on any atom is -0.490 e. The van der Waals surface area contributed by atoms with Gasteiger partial charge in [-0.25, -0.2) is 0 Å². The number of benzene rings is 2. The lowest BCUT2D eigenvalue weighted by Crippen LogP contribution is -2.24. The van der Waals surface area contributed by atoms with Gasteiger partial charge in [0.2, 0.25) is 0 Å². The van der Waals surface area contributed by atoms with E-state index in [4.69, 9.17) is 14.0 Å². The molecule has 1 fully saturated rings. The van der Waals surface area contributed by atoms with Crippen LogP contribution in [0.2, 0.25) is 0 Å². The summed E-state index contributed by atoms with van der Waals surface area (Å²) < 4.78 is 16.9. The third-order valence-corrected chi connectivity index (χ3v) is 7.10. The number of nitrogens with zero attached hydrogens (tertiary/aromatic N) is 2. The predicted octanol–water partition coefficient (Wildman–Crippen LogP) is 5.63. The molecule has 3 heterocycles. The second kappa shape index (κ2) is 11.7. The first-order chi connectivity index (χ1) is 18.8. The van der Waals surface area contributed by atoms with Crippen molar-refractivity contribution in [2.45, 2.75) is 44.8 Å². The molecule has 0 spiro atoms. The molecule has 2 aromatic carbocycles. The van der Waals surface area contributed by atoms with E-state index in [0.29, 0.717) is 12.7 Å². The van der Waals surface area contributed by atoms with E-state index in [-0.39, 0.29) is 0 Å². The number of aromatic amines is 2. The monoisotopic (exact) mass is 514 g/mol. The number of ether oxygens (including phenoxy) is 2. The van der Waals surface area contributed by atoms with Crippen LogP contribution in [0.4, 0.5) is 5.69 Å². The molecule has 6 rings (SSSR count). The Hall–Kier alpha value is -3.82. The number of anilines is 1. The average molecular weight is 515 g/mol. The fourth-order valence-electron chi connectivity index (χ4n) is 4.77. The van der Waals surface area contributed by atoms with Crippen LogP contribution in [0, 0.1) is 0 Å². The first kappa shape index (κ1) is 24.5. The Morgan fingerprint density at radius 1 is 0.974 bits per heavy atom. The molecule has 38 heavy (non-hydrogen) atoms. The van der Waals surface area contributed by atoms with E-state index in [1.165, 1.54) is 30.3 Å². The van der Waals surface area contributed by atoms with Gasteiger partial charge in [0.15, 0.2) is 0 Å². The molecule has 0 unspecified atom stereocenters. The van der Waals surface area contributed by atoms with Crippen LogP contribution in [0.5, 0.6) is 5.75 Å². The molecule has 5 aromatic rings. The van der Waals surface area contributed by atoms with Gasteiger partial charge in [0.25, 0.3) is 0 Å². The van der Waals surface area contributed by atoms with Crippen LogP contribution in [0.3, 0.4) is 0 Å². The molecule has 0 radical (unpaired) electrons. The highest BCUT2D eigenvalue weighted by atomic mass is 16.5. The molecule has 0 bridgehead atoms. The number of H-pyrrole nitrogens is 2. The van der Waals surface area contributed by atoms with Crippen LogP contribution in [-0.4, -0.2) is 52.7 Å². The van der Waals surface area contributed by atoms with Crippen molar-refractivity contribution >= 4 is 27.5 Å². The van der Waals surface area contributed by atoms with Crippen molar-refractivity contribution in [3.63, 3.8) is 0 Å². The number of rotatable bonds is 14. The van der Waals surface area contributed by atoms with Crippen LogP contribution in [0.15, 0.2) is 59.6 Å². The van der Waals surface area contributed by atoms with Crippen molar-refractivity contribution in [1.29, 1.82) is 0 Å². The minimum atomic E-state index is 0.407. The zero-order valence-corrected chi connectivity index (χ0v) is 21.5. The molecule has 1 saturated carbocycles. The van der Waals surface area contributed by atoms with Crippen LogP contribution in [-0.2, 0) is 11.3 Å². The second-order valence-electron chi connectivity index (χ2n) is 9.91. The molecule has 1 aliphatic rings. The third-order valence-electron chi connectivity index (χ3n) is 7.10. The summed E-state index contributed by atoms with van der Waals surface area (Å²) in [4.78, 5) is 3.50. The van der Waals surface area contributed by atoms with Crippen molar-refractivity contribution in [2.24, 2.45) is 0 Å². The molecular weight excluding hydrogens is 480 g/mol. The number of nitrogens with one attached hydrogen (secondary N) is 4. The second-order valence-corrected chi connectivity index (χ2v) is 9.91. The minimum absolute atomic E-state index is 0.407. The van der Waals surface area contributed by atoms with Crippen molar-refractivity contribution in [3.05, 3.63) is 60.7 Å². The smallest absolute Gasteiger partial charge is 0.131 e. The highest BCUT2D eigenvalue weighted by Crippen LogP contribution is 2.30. The van der Waals surface area contributed by atoms with Crippen LogP contribution >= 0.6 is 0 Å². The lowest BCUT2D eigenvalue weighted by molar-refractivity contribution is 0.120. The van der Waals surface area contributed by atoms with E-state index >= 15 is 0 Å². The summed E-state index contributed by atoms with van der Waals surface area (Å²) in [6.07, 6.45) is 11.3. The van der Waals surface area contributed by atoms with Crippen LogP contribution in [0.25, 0.3) is 32.9 Å². The third kappa shape index (κ3) is 5.84. The Morgan fingerprint density at radius 2 is 1.95 bits per heavy atom. The molecular formula is C29H34N6O3. The summed E-state index contributed by atoms with van der Waals surface area (Å²) in [6, 6.07) is 12.7. The fourth-order valence-corrected chi connectivity index (χ4v) is 4.77. The van der Waals surface area contributed by atoms with Gasteiger partial charge in [-0.05, 0) is 80.6 Å². The molecule has 198 valence electrons. The van der Waals surface area contributed by atoms with E-state index in [2.05, 4.69) is 61.3 Å². The predicted molar refractivity (Wildman–Crippen MR) is 148 cm³/mol. The van der Waals surface area contributed by atoms with E-state index < -0.39 is 0 Å². The Kier molecular flexibility index (Phi) is 7.55. The summed E-state index contributed by atoms with van der Waals surface area (Å²) >= 11 is 0. The van der Waals surface area contributed by atoms with Gasteiger partial charge in [0.05, 0.1) is 30.6 Å². The van der Waals surface area contributed by atoms with Gasteiger partial charge in [-0.2, -0.15) is 5.10 Å². The van der Waals surface area contributed by atoms with Crippen LogP contribution in [0.1, 0.15) is 37.8 Å². The van der Waals surface area contributed by atoms with Crippen molar-refractivity contribution in [1.82, 2.24) is 25.7 Å². The standard InChI is InChI=1S/C29H34N6O3/c1(8-30-17-23-12-21-13-25(6-7-27(21)34-23)38-24-4-3-5-24)2-10-36-11-9-31-28-14-20(22-16-33-37-19-22)15-29-26(28)18-32-35-29/h6-7,12-16,18-19,24,30-31,34H,1-5,8-11,17H2,(H,32,35). The normalized spacial score (nSPS) is 13.8. The molecule has 1 aliphatic carbocycles. The molecule has 3 aromatic heterocycles. The largest absolute Gasteiger partial charge is 0.490 e. The van der Waals surface area contributed by atoms with Gasteiger partial charge in [-0.15, -0.1) is 0 Å². The number of fused-ring (bicyclic) bond motifs is 2. The lowest BCUT2D eigenvalue weighted by Gasteiger charge is -2.26. The zero-order valence-electron chi connectivity index (χ0n) is 21.5. The number of unbranched alkanes of at least 4 members (excludes halogenated alkanes) is 1. The van der Waals surface area contributed by atoms with Gasteiger partial charge in [-0.3, -0.25) is 5.10 Å². The van der Waals surface area contributed by atoms with E-state index in [1.807, 2.05) is 12.3 Å². The fraction of sp³-hybridized carbons (Fsp3) is 0.379. The van der Waals surface area contributed by atoms with E-state index in [0.717, 1.165) is 78.1 Å². The van der Waals surface area contributed by atoms with Gasteiger partial charge >= 0.3 is 0 Å². The Bertz CT molecular complexity index is 1450. The van der Waals surface area contributed by atoms with Gasteiger partial charge < -0.3 is 29.6 Å². The Labute approximate surface area is 221 Å². The maximum absolute atomic E-state index is 6.03. The highest BCUT2D eigenvalue weighted by molar-refractivity contribution is 5.95. The summed E-state index contributed by atoms with van der Waals surface area (Å²) in [6.45, 7) is 3.91. The number of hydrogen-bond acceptors (Lipinski definition) is 7. The van der Waals surface area contributed by atoms with Gasteiger partial charge in [0.1, 0.15) is 12.0 Å². The van der Waals surface area contributed by atoms with E-state index in [1.54, 1.807) is 12.5 Å². The summed E-state index contributed by atoms with van der Waals surface area (Å²) in [7, 11) is 0. The maximum atomic E-state index is 6.03. The number of hydrogen-bond donors (Lipinski definition) is 4. The summed E-state index contributed by atoms with van der Waals surface area (Å²) in [5.41, 5.74) is 6.29. The molecule has 9 heteroatoms. The molecule has 9 nitrogen and oxygen atoms in total. The average Bonchev–Trinajstić information content (AvgIpc) is 3.67. The van der Waals surface area contributed by atoms with Crippen molar-refractivity contribution < 1.29 is 14.0 Å². The topological polar surface area (TPSA) is 113 Å². The van der Waals surface area contributed by atoms with Crippen molar-refractivity contribution in [3.8, 4) is 16.9 Å². The summed E-state index contributed by atoms with van der Waals surface area (Å²) in [5, 5.41) is 20.3. The van der Waals surface area contributed by atoms with Crippen LogP contribution < -0.4 is 15.4 Å². The SMILES string of the molecule is c1cc2[nH]c(CNCCCCOCCNc3cc(-c4cnoc4)cc4[nH]ncc34)cc2cc1OC1CCC1. The van der Waals surface area contributed by atoms with Crippen molar-refractivity contribution in [2.75, 3.05) is 31.6 Å².